The summed E-state index contributed by atoms with van der Waals surface area (Å²) in [6.07, 6.45) is 3.42. The number of nitrogens with one attached hydrogen (secondary N) is 1. The van der Waals surface area contributed by atoms with Crippen LogP contribution in [0.25, 0.3) is 0 Å². The van der Waals surface area contributed by atoms with Crippen LogP contribution in [0.4, 0.5) is 0 Å². The summed E-state index contributed by atoms with van der Waals surface area (Å²) in [5, 5.41) is 3.12. The van der Waals surface area contributed by atoms with Crippen LogP contribution in [-0.2, 0) is 0 Å². The summed E-state index contributed by atoms with van der Waals surface area (Å²) in [6.45, 7) is 14.1. The van der Waals surface area contributed by atoms with E-state index in [2.05, 4.69) is 46.9 Å². The van der Waals surface area contributed by atoms with Gasteiger partial charge in [-0.1, -0.05) is 88.1 Å². The van der Waals surface area contributed by atoms with E-state index >= 15 is 0 Å². The molecule has 0 bridgehead atoms. The van der Waals surface area contributed by atoms with Crippen LogP contribution in [0, 0.1) is 10.8 Å². The van der Waals surface area contributed by atoms with E-state index in [1.165, 1.54) is 0 Å². The van der Waals surface area contributed by atoms with Gasteiger partial charge in [0.25, 0.3) is 5.91 Å². The molecule has 136 valence electrons. The second-order valence-corrected chi connectivity index (χ2v) is 10.3. The molecule has 0 saturated carbocycles. The topological polar surface area (TPSA) is 29.1 Å². The zero-order chi connectivity index (χ0) is 18.2. The molecule has 2 nitrogen and oxygen atoms in total. The Hall–Kier alpha value is -0.610. The highest BCUT2D eigenvalue weighted by atomic mass is 33.1. The number of carbonyl (C=O) groups excluding carboxylic acids is 1. The van der Waals surface area contributed by atoms with Crippen molar-refractivity contribution < 1.29 is 4.79 Å². The molecule has 0 aliphatic carbocycles. The fraction of sp³-hybridized carbons (Fsp3) is 0.650. The minimum absolute atomic E-state index is 0.0395. The van der Waals surface area contributed by atoms with E-state index in [4.69, 9.17) is 0 Å². The summed E-state index contributed by atoms with van der Waals surface area (Å²) in [5.41, 5.74) is 1.27. The van der Waals surface area contributed by atoms with E-state index in [-0.39, 0.29) is 11.3 Å². The van der Waals surface area contributed by atoms with Crippen LogP contribution in [0.3, 0.4) is 0 Å². The molecule has 4 heteroatoms. The Morgan fingerprint density at radius 3 is 2.38 bits per heavy atom. The van der Waals surface area contributed by atoms with Gasteiger partial charge in [-0.3, -0.25) is 4.79 Å². The standard InChI is InChI=1S/C20H33NOS2/c1-7-13-20(5,6)14-21-18(22)16-11-9-10-12-17(16)24-23-15-19(3,4)8-2/h9-12H,7-8,13-15H2,1-6H3,(H,21,22). The third kappa shape index (κ3) is 7.52. The van der Waals surface area contributed by atoms with Crippen molar-refractivity contribution in [3.63, 3.8) is 0 Å². The maximum atomic E-state index is 12.6. The van der Waals surface area contributed by atoms with Crippen LogP contribution in [0.15, 0.2) is 29.2 Å². The van der Waals surface area contributed by atoms with Gasteiger partial charge in [0.15, 0.2) is 0 Å². The lowest BCUT2D eigenvalue weighted by Gasteiger charge is -2.24. The Bertz CT molecular complexity index is 526. The van der Waals surface area contributed by atoms with Crippen molar-refractivity contribution in [3.05, 3.63) is 29.8 Å². The molecule has 0 aliphatic rings. The molecular weight excluding hydrogens is 334 g/mol. The van der Waals surface area contributed by atoms with Gasteiger partial charge in [-0.2, -0.15) is 0 Å². The van der Waals surface area contributed by atoms with Gasteiger partial charge < -0.3 is 5.32 Å². The van der Waals surface area contributed by atoms with Gasteiger partial charge in [0, 0.05) is 17.2 Å². The highest BCUT2D eigenvalue weighted by Gasteiger charge is 2.20. The SMILES string of the molecule is CCCC(C)(C)CNC(=O)c1ccccc1SSCC(C)(C)CC. The normalized spacial score (nSPS) is 12.2. The first-order valence-corrected chi connectivity index (χ1v) is 11.2. The number of amides is 1. The van der Waals surface area contributed by atoms with Crippen molar-refractivity contribution in [2.45, 2.75) is 65.7 Å². The van der Waals surface area contributed by atoms with Crippen molar-refractivity contribution in [1.29, 1.82) is 0 Å². The number of hydrogen-bond acceptors (Lipinski definition) is 3. The van der Waals surface area contributed by atoms with Gasteiger partial charge in [0.05, 0.1) is 5.56 Å². The Labute approximate surface area is 156 Å². The molecule has 24 heavy (non-hydrogen) atoms. The highest BCUT2D eigenvalue weighted by molar-refractivity contribution is 8.76. The predicted octanol–water partition coefficient (Wildman–Crippen LogP) is 6.42. The number of carbonyl (C=O) groups is 1. The number of hydrogen-bond donors (Lipinski definition) is 1. The Morgan fingerprint density at radius 1 is 1.08 bits per heavy atom. The molecule has 1 rings (SSSR count). The lowest BCUT2D eigenvalue weighted by molar-refractivity contribution is 0.0931. The molecule has 0 spiro atoms. The van der Waals surface area contributed by atoms with Crippen LogP contribution in [0.1, 0.15) is 71.2 Å². The molecule has 1 aromatic rings. The molecule has 0 fully saturated rings. The molecular formula is C20H33NOS2. The zero-order valence-electron chi connectivity index (χ0n) is 16.1. The van der Waals surface area contributed by atoms with Crippen LogP contribution < -0.4 is 5.32 Å². The maximum Gasteiger partial charge on any atom is 0.252 e. The summed E-state index contributed by atoms with van der Waals surface area (Å²) in [5.74, 6) is 1.12. The molecule has 0 aromatic heterocycles. The summed E-state index contributed by atoms with van der Waals surface area (Å²) < 4.78 is 0. The zero-order valence-corrected chi connectivity index (χ0v) is 17.7. The van der Waals surface area contributed by atoms with E-state index in [1.54, 1.807) is 10.8 Å². The van der Waals surface area contributed by atoms with Crippen LogP contribution in [0.2, 0.25) is 0 Å². The largest absolute Gasteiger partial charge is 0.351 e. The Morgan fingerprint density at radius 2 is 1.75 bits per heavy atom. The molecule has 0 atom stereocenters. The van der Waals surface area contributed by atoms with Crippen molar-refractivity contribution in [3.8, 4) is 0 Å². The molecule has 0 saturated heterocycles. The van der Waals surface area contributed by atoms with Crippen LogP contribution in [-0.4, -0.2) is 18.2 Å². The lowest BCUT2D eigenvalue weighted by Crippen LogP contribution is -2.34. The Balaban J connectivity index is 2.66. The summed E-state index contributed by atoms with van der Waals surface area (Å²) in [7, 11) is 3.55. The Kier molecular flexibility index (Phi) is 8.72. The lowest BCUT2D eigenvalue weighted by atomic mass is 9.88. The summed E-state index contributed by atoms with van der Waals surface area (Å²) >= 11 is 0. The fourth-order valence-corrected chi connectivity index (χ4v) is 5.31. The average molecular weight is 368 g/mol. The highest BCUT2D eigenvalue weighted by Crippen LogP contribution is 2.38. The van der Waals surface area contributed by atoms with E-state index in [9.17, 15) is 4.79 Å². The number of rotatable bonds is 10. The van der Waals surface area contributed by atoms with Gasteiger partial charge in [-0.05, 0) is 29.4 Å². The third-order valence-electron chi connectivity index (χ3n) is 4.34. The van der Waals surface area contributed by atoms with Gasteiger partial charge >= 0.3 is 0 Å². The molecule has 1 amide bonds. The van der Waals surface area contributed by atoms with Gasteiger partial charge in [-0.25, -0.2) is 0 Å². The van der Waals surface area contributed by atoms with E-state index in [0.717, 1.165) is 35.5 Å². The van der Waals surface area contributed by atoms with Crippen molar-refractivity contribution in [1.82, 2.24) is 5.32 Å². The first-order valence-electron chi connectivity index (χ1n) is 8.87. The molecule has 0 aliphatic heterocycles. The second-order valence-electron chi connectivity index (χ2n) is 7.96. The minimum atomic E-state index is 0.0395. The summed E-state index contributed by atoms with van der Waals surface area (Å²) in [4.78, 5) is 13.7. The molecule has 0 heterocycles. The molecule has 1 N–H and O–H groups in total. The minimum Gasteiger partial charge on any atom is -0.351 e. The van der Waals surface area contributed by atoms with E-state index in [1.807, 2.05) is 35.1 Å². The fourth-order valence-electron chi connectivity index (χ4n) is 2.26. The quantitative estimate of drug-likeness (QED) is 0.484. The van der Waals surface area contributed by atoms with Crippen molar-refractivity contribution in [2.24, 2.45) is 10.8 Å². The predicted molar refractivity (Wildman–Crippen MR) is 110 cm³/mol. The monoisotopic (exact) mass is 367 g/mol. The third-order valence-corrected chi connectivity index (χ3v) is 7.14. The smallest absolute Gasteiger partial charge is 0.252 e. The molecule has 0 radical (unpaired) electrons. The number of benzene rings is 1. The van der Waals surface area contributed by atoms with Gasteiger partial charge in [0.2, 0.25) is 0 Å². The van der Waals surface area contributed by atoms with E-state index < -0.39 is 0 Å². The van der Waals surface area contributed by atoms with Crippen molar-refractivity contribution >= 4 is 27.5 Å². The van der Waals surface area contributed by atoms with E-state index in [0.29, 0.717) is 12.0 Å². The van der Waals surface area contributed by atoms with Gasteiger partial charge in [0.1, 0.15) is 0 Å². The average Bonchev–Trinajstić information content (AvgIpc) is 2.53. The summed E-state index contributed by atoms with van der Waals surface area (Å²) in [6, 6.07) is 7.92. The first kappa shape index (κ1) is 21.4. The second kappa shape index (κ2) is 9.76. The van der Waals surface area contributed by atoms with Crippen molar-refractivity contribution in [2.75, 3.05) is 12.3 Å². The van der Waals surface area contributed by atoms with Crippen LogP contribution in [0.5, 0.6) is 0 Å². The van der Waals surface area contributed by atoms with Gasteiger partial charge in [-0.15, -0.1) is 0 Å². The molecule has 1 aromatic carbocycles. The maximum absolute atomic E-state index is 12.6. The van der Waals surface area contributed by atoms with Crippen LogP contribution >= 0.6 is 21.6 Å². The molecule has 0 unspecified atom stereocenters. The first-order chi connectivity index (χ1) is 11.2.